The number of hydrogen-bond acceptors (Lipinski definition) is 1. The van der Waals surface area contributed by atoms with Crippen LogP contribution in [0.15, 0.2) is 23.0 Å². The third-order valence-corrected chi connectivity index (χ3v) is 3.76. The van der Waals surface area contributed by atoms with Gasteiger partial charge in [-0.25, -0.2) is 0 Å². The highest BCUT2D eigenvalue weighted by Crippen LogP contribution is 2.20. The van der Waals surface area contributed by atoms with E-state index in [1.54, 1.807) is 0 Å². The van der Waals surface area contributed by atoms with Crippen molar-refractivity contribution in [2.75, 3.05) is 0 Å². The number of fused-ring (bicyclic) bond motifs is 2. The zero-order chi connectivity index (χ0) is 11.8. The predicted octanol–water partition coefficient (Wildman–Crippen LogP) is 2.97. The Kier molecular flexibility index (Phi) is 2.50. The molecule has 0 saturated heterocycles. The van der Waals surface area contributed by atoms with E-state index in [0.717, 1.165) is 47.8 Å². The summed E-state index contributed by atoms with van der Waals surface area (Å²) in [5.41, 5.74) is 4.67. The zero-order valence-corrected chi connectivity index (χ0v) is 10.2. The number of rotatable bonds is 1. The second-order valence-electron chi connectivity index (χ2n) is 4.85. The van der Waals surface area contributed by atoms with Crippen LogP contribution in [0, 0.1) is 0 Å². The smallest absolute Gasteiger partial charge is 0.192 e. The minimum Gasteiger partial charge on any atom is -0.358 e. The van der Waals surface area contributed by atoms with Crippen LogP contribution < -0.4 is 5.43 Å². The fraction of sp³-hybridized carbons (Fsp3) is 0.400. The lowest BCUT2D eigenvalue weighted by molar-refractivity contribution is 0.667. The molecule has 2 heteroatoms. The number of H-pyrrole nitrogens is 1. The van der Waals surface area contributed by atoms with Gasteiger partial charge >= 0.3 is 0 Å². The van der Waals surface area contributed by atoms with E-state index in [1.807, 2.05) is 12.1 Å². The third kappa shape index (κ3) is 1.68. The molecule has 0 spiro atoms. The van der Waals surface area contributed by atoms with Crippen molar-refractivity contribution < 1.29 is 0 Å². The average Bonchev–Trinajstić information content (AvgIpc) is 2.39. The summed E-state index contributed by atoms with van der Waals surface area (Å²) in [5.74, 6) is 0. The van der Waals surface area contributed by atoms with Crippen molar-refractivity contribution in [2.45, 2.75) is 39.0 Å². The Labute approximate surface area is 101 Å². The van der Waals surface area contributed by atoms with Gasteiger partial charge in [-0.05, 0) is 49.8 Å². The van der Waals surface area contributed by atoms with Gasteiger partial charge in [-0.3, -0.25) is 4.79 Å². The Morgan fingerprint density at radius 2 is 2.06 bits per heavy atom. The van der Waals surface area contributed by atoms with E-state index >= 15 is 0 Å². The van der Waals surface area contributed by atoms with Crippen LogP contribution in [0.3, 0.4) is 0 Å². The zero-order valence-electron chi connectivity index (χ0n) is 10.2. The Balaban J connectivity index is 2.33. The minimum atomic E-state index is 0.253. The molecule has 17 heavy (non-hydrogen) atoms. The first-order chi connectivity index (χ1) is 8.29. The van der Waals surface area contributed by atoms with Gasteiger partial charge in [0.2, 0.25) is 0 Å². The monoisotopic (exact) mass is 227 g/mol. The summed E-state index contributed by atoms with van der Waals surface area (Å²) in [6.07, 6.45) is 5.29. The molecule has 0 atom stereocenters. The van der Waals surface area contributed by atoms with Gasteiger partial charge in [0.05, 0.1) is 0 Å². The summed E-state index contributed by atoms with van der Waals surface area (Å²) in [6.45, 7) is 2.12. The van der Waals surface area contributed by atoms with Gasteiger partial charge in [-0.15, -0.1) is 0 Å². The molecule has 88 valence electrons. The standard InChI is InChI=1S/C15H17NO/c1-2-10-7-8-14-12(9-10)15(17)11-5-3-4-6-13(11)16-14/h7-9H,2-6H2,1H3,(H,16,17). The van der Waals surface area contributed by atoms with Crippen LogP contribution in [-0.4, -0.2) is 4.98 Å². The molecular weight excluding hydrogens is 210 g/mol. The molecule has 0 radical (unpaired) electrons. The summed E-state index contributed by atoms with van der Waals surface area (Å²) < 4.78 is 0. The first kappa shape index (κ1) is 10.6. The number of nitrogens with one attached hydrogen (secondary N) is 1. The Hall–Kier alpha value is -1.57. The average molecular weight is 227 g/mol. The number of hydrogen-bond donors (Lipinski definition) is 1. The summed E-state index contributed by atoms with van der Waals surface area (Å²) in [7, 11) is 0. The van der Waals surface area contributed by atoms with Crippen molar-refractivity contribution in [1.29, 1.82) is 0 Å². The fourth-order valence-corrected chi connectivity index (χ4v) is 2.73. The lowest BCUT2D eigenvalue weighted by Crippen LogP contribution is -2.18. The van der Waals surface area contributed by atoms with Crippen LogP contribution in [0.5, 0.6) is 0 Å². The van der Waals surface area contributed by atoms with Gasteiger partial charge in [0, 0.05) is 22.2 Å². The number of aromatic amines is 1. The first-order valence-electron chi connectivity index (χ1n) is 6.46. The summed E-state index contributed by atoms with van der Waals surface area (Å²) >= 11 is 0. The van der Waals surface area contributed by atoms with Crippen LogP contribution in [-0.2, 0) is 19.3 Å². The lowest BCUT2D eigenvalue weighted by Gasteiger charge is -2.16. The maximum Gasteiger partial charge on any atom is 0.192 e. The summed E-state index contributed by atoms with van der Waals surface area (Å²) in [6, 6.07) is 6.20. The molecule has 1 aliphatic carbocycles. The number of aryl methyl sites for hydroxylation is 2. The molecular formula is C15H17NO. The van der Waals surface area contributed by atoms with Crippen molar-refractivity contribution in [1.82, 2.24) is 4.98 Å². The predicted molar refractivity (Wildman–Crippen MR) is 70.6 cm³/mol. The molecule has 2 nitrogen and oxygen atoms in total. The van der Waals surface area contributed by atoms with Gasteiger partial charge < -0.3 is 4.98 Å². The van der Waals surface area contributed by atoms with Crippen LogP contribution >= 0.6 is 0 Å². The summed E-state index contributed by atoms with van der Waals surface area (Å²) in [5, 5.41) is 0.866. The number of benzene rings is 1. The van der Waals surface area contributed by atoms with Gasteiger partial charge in [0.1, 0.15) is 0 Å². The van der Waals surface area contributed by atoms with Gasteiger partial charge in [0.25, 0.3) is 0 Å². The van der Waals surface area contributed by atoms with Crippen molar-refractivity contribution in [3.8, 4) is 0 Å². The maximum atomic E-state index is 12.4. The molecule has 1 N–H and O–H groups in total. The first-order valence-corrected chi connectivity index (χ1v) is 6.46. The van der Waals surface area contributed by atoms with Crippen LogP contribution in [0.2, 0.25) is 0 Å². The van der Waals surface area contributed by atoms with Gasteiger partial charge in [-0.2, -0.15) is 0 Å². The van der Waals surface area contributed by atoms with E-state index in [0.29, 0.717) is 0 Å². The molecule has 0 amide bonds. The molecule has 0 unspecified atom stereocenters. The second kappa shape index (κ2) is 4.02. The quantitative estimate of drug-likeness (QED) is 0.798. The molecule has 0 saturated carbocycles. The van der Waals surface area contributed by atoms with Gasteiger partial charge in [-0.1, -0.05) is 13.0 Å². The highest BCUT2D eigenvalue weighted by Gasteiger charge is 2.15. The Morgan fingerprint density at radius 3 is 2.88 bits per heavy atom. The number of pyridine rings is 1. The Morgan fingerprint density at radius 1 is 1.24 bits per heavy atom. The normalized spacial score (nSPS) is 14.9. The highest BCUT2D eigenvalue weighted by molar-refractivity contribution is 5.80. The third-order valence-electron chi connectivity index (χ3n) is 3.76. The van der Waals surface area contributed by atoms with E-state index in [4.69, 9.17) is 0 Å². The molecule has 3 rings (SSSR count). The SMILES string of the molecule is CCc1ccc2[nH]c3c(c(=O)c2c1)CCCC3. The second-order valence-corrected chi connectivity index (χ2v) is 4.85. The highest BCUT2D eigenvalue weighted by atomic mass is 16.1. The molecule has 1 aromatic carbocycles. The fourth-order valence-electron chi connectivity index (χ4n) is 2.73. The molecule has 0 fully saturated rings. The van der Waals surface area contributed by atoms with Crippen molar-refractivity contribution in [3.05, 3.63) is 45.2 Å². The summed E-state index contributed by atoms with van der Waals surface area (Å²) in [4.78, 5) is 15.9. The molecule has 0 bridgehead atoms. The maximum absolute atomic E-state index is 12.4. The van der Waals surface area contributed by atoms with Crippen molar-refractivity contribution in [2.24, 2.45) is 0 Å². The minimum absolute atomic E-state index is 0.253. The van der Waals surface area contributed by atoms with E-state index in [9.17, 15) is 4.79 Å². The van der Waals surface area contributed by atoms with Gasteiger partial charge in [0.15, 0.2) is 5.43 Å². The number of aromatic nitrogens is 1. The Bertz CT molecular complexity index is 625. The van der Waals surface area contributed by atoms with Crippen LogP contribution in [0.25, 0.3) is 10.9 Å². The topological polar surface area (TPSA) is 32.9 Å². The van der Waals surface area contributed by atoms with Crippen LogP contribution in [0.4, 0.5) is 0 Å². The molecule has 0 aliphatic heterocycles. The van der Waals surface area contributed by atoms with Crippen LogP contribution in [0.1, 0.15) is 36.6 Å². The van der Waals surface area contributed by atoms with Crippen molar-refractivity contribution in [3.63, 3.8) is 0 Å². The molecule has 1 heterocycles. The van der Waals surface area contributed by atoms with E-state index in [2.05, 4.69) is 18.0 Å². The lowest BCUT2D eigenvalue weighted by atomic mass is 9.94. The van der Waals surface area contributed by atoms with E-state index < -0.39 is 0 Å². The largest absolute Gasteiger partial charge is 0.358 e. The molecule has 1 aromatic heterocycles. The van der Waals surface area contributed by atoms with E-state index in [1.165, 1.54) is 12.0 Å². The molecule has 2 aromatic rings. The van der Waals surface area contributed by atoms with Crippen molar-refractivity contribution >= 4 is 10.9 Å². The van der Waals surface area contributed by atoms with E-state index in [-0.39, 0.29) is 5.43 Å². The molecule has 1 aliphatic rings.